The van der Waals surface area contributed by atoms with Crippen molar-refractivity contribution in [2.45, 2.75) is 334 Å². The van der Waals surface area contributed by atoms with Crippen LogP contribution >= 0.6 is 0 Å². The second kappa shape index (κ2) is 77.0. The Balaban J connectivity index is -0.000000165. The average molecular weight is 2080 g/mol. The predicted octanol–water partition coefficient (Wildman–Crippen LogP) is 17.3. The van der Waals surface area contributed by atoms with Gasteiger partial charge in [-0.25, -0.2) is 9.59 Å². The van der Waals surface area contributed by atoms with Gasteiger partial charge in [0.15, 0.2) is 0 Å². The molecule has 4 aromatic rings. The van der Waals surface area contributed by atoms with Crippen LogP contribution in [0.3, 0.4) is 0 Å². The van der Waals surface area contributed by atoms with E-state index in [1.807, 2.05) is 154 Å². The summed E-state index contributed by atoms with van der Waals surface area (Å²) in [5.41, 5.74) is 7.40. The number of anilines is 3. The molecular formula is C100H172N10O24Y2. The summed E-state index contributed by atoms with van der Waals surface area (Å²) in [5.74, 6) is -7.98. The number of nitrogens with zero attached hydrogens (tertiary/aromatic N) is 7. The smallest absolute Gasteiger partial charge is 0.343 e. The van der Waals surface area contributed by atoms with Crippen molar-refractivity contribution >= 4 is 135 Å². The zero-order chi connectivity index (χ0) is 102. The van der Waals surface area contributed by atoms with Gasteiger partial charge in [0.2, 0.25) is 94.5 Å². The summed E-state index contributed by atoms with van der Waals surface area (Å²) in [7, 11) is 7.30. The maximum absolute atomic E-state index is 14.3. The van der Waals surface area contributed by atoms with E-state index in [1.54, 1.807) is 19.1 Å². The van der Waals surface area contributed by atoms with Crippen molar-refractivity contribution in [3.05, 3.63) is 111 Å². The molecule has 0 saturated heterocycles. The first-order valence-corrected chi connectivity index (χ1v) is 41.2. The number of nitrogens with two attached hydrogens (primary N) is 1. The molecule has 0 saturated carbocycles. The molecule has 0 aliphatic heterocycles. The van der Waals surface area contributed by atoms with E-state index in [-0.39, 0.29) is 242 Å². The Morgan fingerprint density at radius 1 is 0.301 bits per heavy atom. The average Bonchev–Trinajstić information content (AvgIpc) is 0.670. The summed E-state index contributed by atoms with van der Waals surface area (Å²) in [5, 5.41) is 2.03. The van der Waals surface area contributed by atoms with Crippen molar-refractivity contribution in [1.29, 1.82) is 0 Å². The number of hydrogen-bond acceptors (Lipinski definition) is 26. The van der Waals surface area contributed by atoms with Crippen LogP contribution < -0.4 is 41.4 Å². The quantitative estimate of drug-likeness (QED) is 0.0533. The molecule has 6 N–H and O–H groups in total. The molecule has 0 aliphatic rings. The third-order valence-corrected chi connectivity index (χ3v) is 17.0. The van der Waals surface area contributed by atoms with Gasteiger partial charge in [-0.2, -0.15) is 0 Å². The maximum atomic E-state index is 14.3. The van der Waals surface area contributed by atoms with E-state index < -0.39 is 81.0 Å². The number of esters is 4. The van der Waals surface area contributed by atoms with Gasteiger partial charge >= 0.3 is 23.9 Å². The fourth-order valence-electron chi connectivity index (χ4n) is 10.2. The van der Waals surface area contributed by atoms with Crippen LogP contribution in [0.1, 0.15) is 352 Å². The Bertz CT molecular complexity index is 4180. The van der Waals surface area contributed by atoms with Gasteiger partial charge in [-0.1, -0.05) is 193 Å². The second-order valence-corrected chi connectivity index (χ2v) is 31.8. The third-order valence-electron chi connectivity index (χ3n) is 17.0. The molecule has 0 fully saturated rings. The predicted molar refractivity (Wildman–Crippen MR) is 536 cm³/mol. The molecule has 0 bridgehead atoms. The Kier molecular flexibility index (Phi) is 90.5. The van der Waals surface area contributed by atoms with Crippen molar-refractivity contribution < 1.29 is 180 Å². The molecule has 16 amide bonds. The summed E-state index contributed by atoms with van der Waals surface area (Å²) < 4.78 is 23.4. The molecule has 34 nitrogen and oxygen atoms in total. The zero-order valence-corrected chi connectivity index (χ0v) is 90.6. The number of hydrogen-bond donors (Lipinski definition) is 3. The summed E-state index contributed by atoms with van der Waals surface area (Å²) in [4.78, 5) is 239. The molecule has 772 valence electrons. The molecule has 0 aromatic heterocycles. The number of nitrogens with one attached hydrogen (secondary N) is 1. The minimum absolute atomic E-state index is 0. The van der Waals surface area contributed by atoms with Crippen LogP contribution in [0.5, 0.6) is 11.5 Å². The van der Waals surface area contributed by atoms with Crippen molar-refractivity contribution in [3.8, 4) is 11.5 Å². The standard InChI is InChI=1S/C63H79N3O14.4C5H9NO2.C4H7NO2.3C2H6.CH5N.6CH4.H3N.2Y/c1-36-26-45(32-47(27-36)64(37(2)67)38(3)68)58(75)79-56-50(60(8,9)10)28-43(29-51(56)61(11,12)13)20-22-54(73)77-24-25-78-55(74)23-21-44-30-52(62(14,15)16)57(53(31-44)63(17,18)19)80-59(76)46-33-48(65(39(4)69)40(5)70)35-49(34-46)66(41(6)71)42(7)72;4*1-4(7)6(3)5(2)8;1-3(6)5-4(2)7;4*1-2;;;;;;;;;/h26-35H,20-25H2,1-19H3;4*1-3H3;1-2H3,(H,5,6,7);3*1-2H3;2H2,1H3;6*1H4;1H3;;. The van der Waals surface area contributed by atoms with E-state index in [2.05, 4.69) is 5.73 Å². The number of carbonyl (C=O) groups excluding carboxylic acids is 20. The Morgan fingerprint density at radius 2 is 0.485 bits per heavy atom. The maximum Gasteiger partial charge on any atom is 0.343 e. The van der Waals surface area contributed by atoms with Gasteiger partial charge in [0.05, 0.1) is 28.2 Å². The van der Waals surface area contributed by atoms with Gasteiger partial charge in [-0.15, -0.1) is 0 Å². The Labute approximate surface area is 865 Å². The van der Waals surface area contributed by atoms with Crippen molar-refractivity contribution in [3.63, 3.8) is 0 Å². The molecule has 2 radical (unpaired) electrons. The first kappa shape index (κ1) is 160. The van der Waals surface area contributed by atoms with Gasteiger partial charge < -0.3 is 30.8 Å². The van der Waals surface area contributed by atoms with Gasteiger partial charge in [-0.3, -0.25) is 126 Å². The monoisotopic (exact) mass is 2080 g/mol. The Morgan fingerprint density at radius 3 is 0.640 bits per heavy atom. The van der Waals surface area contributed by atoms with E-state index in [0.29, 0.717) is 28.9 Å². The molecule has 0 heterocycles. The molecule has 0 unspecified atom stereocenters. The van der Waals surface area contributed by atoms with Crippen LogP contribution in [0.15, 0.2) is 60.7 Å². The van der Waals surface area contributed by atoms with E-state index in [0.717, 1.165) is 56.6 Å². The largest absolute Gasteiger partial charge is 0.462 e. The van der Waals surface area contributed by atoms with Gasteiger partial charge in [0.25, 0.3) is 0 Å². The van der Waals surface area contributed by atoms with Crippen molar-refractivity contribution in [1.82, 2.24) is 31.1 Å². The van der Waals surface area contributed by atoms with Crippen LogP contribution in [0.4, 0.5) is 17.1 Å². The van der Waals surface area contributed by atoms with E-state index in [9.17, 15) is 95.9 Å². The number of rotatable bonds is 16. The molecular weight excluding hydrogens is 1900 g/mol. The molecule has 4 rings (SSSR count). The summed E-state index contributed by atoms with van der Waals surface area (Å²) >= 11 is 0. The Hall–Kier alpha value is -9.99. The minimum Gasteiger partial charge on any atom is -0.462 e. The fourth-order valence-corrected chi connectivity index (χ4v) is 10.2. The van der Waals surface area contributed by atoms with Crippen molar-refractivity contribution in [2.75, 3.05) is 63.2 Å². The van der Waals surface area contributed by atoms with Crippen LogP contribution in [-0.4, -0.2) is 186 Å². The molecule has 4 aromatic carbocycles. The number of aryl methyl sites for hydroxylation is 3. The summed E-state index contributed by atoms with van der Waals surface area (Å²) in [6.45, 7) is 57.6. The van der Waals surface area contributed by atoms with Crippen LogP contribution in [-0.2, 0) is 196 Å². The van der Waals surface area contributed by atoms with E-state index in [1.165, 1.54) is 170 Å². The topological polar surface area (TPSA) is 474 Å². The van der Waals surface area contributed by atoms with Gasteiger partial charge in [0, 0.05) is 239 Å². The van der Waals surface area contributed by atoms with Crippen LogP contribution in [0.2, 0.25) is 0 Å². The number of amides is 16. The molecule has 0 spiro atoms. The minimum atomic E-state index is -0.883. The third kappa shape index (κ3) is 61.3. The van der Waals surface area contributed by atoms with Gasteiger partial charge in [0.1, 0.15) is 24.7 Å². The molecule has 0 atom stereocenters. The molecule has 136 heavy (non-hydrogen) atoms. The fraction of sp³-hybridized carbons (Fsp3) is 0.560. The van der Waals surface area contributed by atoms with Crippen LogP contribution in [0.25, 0.3) is 0 Å². The zero-order valence-electron chi connectivity index (χ0n) is 84.9. The summed E-state index contributed by atoms with van der Waals surface area (Å²) in [6, 6.07) is 16.1. The number of benzene rings is 4. The van der Waals surface area contributed by atoms with E-state index >= 15 is 0 Å². The molecule has 0 aliphatic carbocycles. The first-order valence-electron chi connectivity index (χ1n) is 41.2. The summed E-state index contributed by atoms with van der Waals surface area (Å²) in [6.07, 6.45) is 0.536. The van der Waals surface area contributed by atoms with E-state index in [4.69, 9.17) is 18.9 Å². The van der Waals surface area contributed by atoms with Crippen LogP contribution in [0, 0.1) is 6.92 Å². The number of imide groups is 8. The molecule has 36 heteroatoms. The van der Waals surface area contributed by atoms with Gasteiger partial charge in [-0.05, 0) is 102 Å². The number of ether oxygens (including phenoxy) is 4. The second-order valence-electron chi connectivity index (χ2n) is 31.8. The van der Waals surface area contributed by atoms with Crippen molar-refractivity contribution in [2.24, 2.45) is 5.73 Å². The normalized spacial score (nSPS) is 9.45. The SMILES string of the molecule is C.C.C.C.C.C.CC.CC.CC.CC(=O)N(C(C)=O)c1cc(C)cc(C(=O)Oc2c(C(C)(C)C)cc(CCC(=O)OCCOC(=O)CCc3cc(C(C)(C)C)c(OC(=O)c4cc(N(C(C)=O)C(C)=O)cc(N(C(C)=O)C(C)=O)c4)c(C(C)(C)C)c3)cc2C(C)(C)C)c1.CC(=O)N(C)C(C)=O.CC(=O)N(C)C(C)=O.CC(=O)N(C)C(C)=O.CC(=O)N(C)C(C)=O.CC(=O)NC(C)=O.CN.N.[Y].[Y]. The first-order chi connectivity index (χ1) is 58.1. The number of carbonyl (C=O) groups is 20.